The van der Waals surface area contributed by atoms with E-state index in [1.165, 1.54) is 6.07 Å². The molecular formula is C13H11N3O2. The minimum Gasteiger partial charge on any atom is -0.361 e. The van der Waals surface area contributed by atoms with E-state index in [-0.39, 0.29) is 5.69 Å². The zero-order chi connectivity index (χ0) is 13.0. The number of hydrogen-bond acceptors (Lipinski definition) is 4. The Bertz CT molecular complexity index is 584. The molecule has 1 atom stereocenters. The Kier molecular flexibility index (Phi) is 3.39. The van der Waals surface area contributed by atoms with Crippen LogP contribution in [0.5, 0.6) is 0 Å². The first-order valence-electron chi connectivity index (χ1n) is 5.39. The number of rotatable bonds is 3. The average molecular weight is 241 g/mol. The number of benzene rings is 1. The van der Waals surface area contributed by atoms with Gasteiger partial charge in [0, 0.05) is 6.07 Å². The summed E-state index contributed by atoms with van der Waals surface area (Å²) in [5, 5.41) is 15.3. The molecule has 5 nitrogen and oxygen atoms in total. The van der Waals surface area contributed by atoms with Crippen molar-refractivity contribution in [2.75, 3.05) is 0 Å². The summed E-state index contributed by atoms with van der Waals surface area (Å²) in [5.41, 5.74) is 0.900. The molecule has 0 aliphatic carbocycles. The number of carbonyl (C=O) groups excluding carboxylic acids is 1. The maximum atomic E-state index is 11.8. The molecule has 0 bridgehead atoms. The van der Waals surface area contributed by atoms with Gasteiger partial charge in [-0.1, -0.05) is 35.5 Å². The second-order valence-electron chi connectivity index (χ2n) is 3.77. The number of nitrogens with zero attached hydrogens (tertiary/aromatic N) is 2. The second-order valence-corrected chi connectivity index (χ2v) is 3.77. The zero-order valence-corrected chi connectivity index (χ0v) is 9.75. The fraction of sp³-hybridized carbons (Fsp3) is 0.154. The van der Waals surface area contributed by atoms with Crippen LogP contribution in [0.1, 0.15) is 27.9 Å². The molecule has 0 aliphatic heterocycles. The lowest BCUT2D eigenvalue weighted by molar-refractivity contribution is 0.0936. The average Bonchev–Trinajstić information content (AvgIpc) is 2.83. The maximum Gasteiger partial charge on any atom is 0.274 e. The Morgan fingerprint density at radius 3 is 2.72 bits per heavy atom. The van der Waals surface area contributed by atoms with Crippen molar-refractivity contribution in [2.24, 2.45) is 0 Å². The van der Waals surface area contributed by atoms with Gasteiger partial charge in [-0.05, 0) is 12.5 Å². The first-order valence-corrected chi connectivity index (χ1v) is 5.39. The van der Waals surface area contributed by atoms with Crippen molar-refractivity contribution < 1.29 is 9.32 Å². The van der Waals surface area contributed by atoms with E-state index in [2.05, 4.69) is 10.5 Å². The van der Waals surface area contributed by atoms with Gasteiger partial charge in [0.1, 0.15) is 11.8 Å². The molecule has 18 heavy (non-hydrogen) atoms. The number of aryl methyl sites for hydroxylation is 1. The molecule has 2 rings (SSSR count). The molecule has 1 aromatic heterocycles. The lowest BCUT2D eigenvalue weighted by atomic mass is 10.1. The second kappa shape index (κ2) is 5.15. The smallest absolute Gasteiger partial charge is 0.274 e. The summed E-state index contributed by atoms with van der Waals surface area (Å²) < 4.78 is 4.81. The van der Waals surface area contributed by atoms with Crippen molar-refractivity contribution >= 4 is 5.91 Å². The Labute approximate surface area is 104 Å². The molecule has 0 fully saturated rings. The van der Waals surface area contributed by atoms with Crippen molar-refractivity contribution in [3.63, 3.8) is 0 Å². The van der Waals surface area contributed by atoms with E-state index < -0.39 is 11.9 Å². The molecule has 0 aliphatic rings. The van der Waals surface area contributed by atoms with Crippen LogP contribution in [0.25, 0.3) is 0 Å². The van der Waals surface area contributed by atoms with Gasteiger partial charge in [0.15, 0.2) is 5.69 Å². The fourth-order valence-electron chi connectivity index (χ4n) is 1.51. The summed E-state index contributed by atoms with van der Waals surface area (Å²) in [4.78, 5) is 11.8. The summed E-state index contributed by atoms with van der Waals surface area (Å²) in [6.45, 7) is 1.70. The van der Waals surface area contributed by atoms with Gasteiger partial charge in [-0.3, -0.25) is 4.79 Å². The van der Waals surface area contributed by atoms with Crippen LogP contribution in [-0.4, -0.2) is 11.1 Å². The largest absolute Gasteiger partial charge is 0.361 e. The first kappa shape index (κ1) is 11.9. The number of amides is 1. The van der Waals surface area contributed by atoms with E-state index in [9.17, 15) is 4.79 Å². The summed E-state index contributed by atoms with van der Waals surface area (Å²) in [6, 6.07) is 11.9. The molecular weight excluding hydrogens is 230 g/mol. The van der Waals surface area contributed by atoms with Crippen LogP contribution in [0.15, 0.2) is 40.9 Å². The number of nitriles is 1. The van der Waals surface area contributed by atoms with Gasteiger partial charge >= 0.3 is 0 Å². The van der Waals surface area contributed by atoms with Gasteiger partial charge in [-0.2, -0.15) is 5.26 Å². The number of nitrogens with one attached hydrogen (secondary N) is 1. The highest BCUT2D eigenvalue weighted by Crippen LogP contribution is 2.12. The van der Waals surface area contributed by atoms with E-state index in [0.29, 0.717) is 5.76 Å². The van der Waals surface area contributed by atoms with Crippen LogP contribution >= 0.6 is 0 Å². The molecule has 1 N–H and O–H groups in total. The molecule has 0 saturated carbocycles. The van der Waals surface area contributed by atoms with Gasteiger partial charge in [0.25, 0.3) is 5.91 Å². The standard InChI is InChI=1S/C13H11N3O2/c1-9-7-11(16-18-9)13(17)15-12(8-14)10-5-3-2-4-6-10/h2-7,12H,1H3,(H,15,17). The van der Waals surface area contributed by atoms with Crippen LogP contribution in [0, 0.1) is 18.3 Å². The quantitative estimate of drug-likeness (QED) is 0.891. The van der Waals surface area contributed by atoms with Crippen LogP contribution in [0.4, 0.5) is 0 Å². The highest BCUT2D eigenvalue weighted by atomic mass is 16.5. The van der Waals surface area contributed by atoms with Gasteiger partial charge in [-0.15, -0.1) is 0 Å². The summed E-state index contributed by atoms with van der Waals surface area (Å²) in [5.74, 6) is 0.121. The number of carbonyl (C=O) groups is 1. The van der Waals surface area contributed by atoms with Gasteiger partial charge in [0.05, 0.1) is 6.07 Å². The van der Waals surface area contributed by atoms with E-state index in [1.54, 1.807) is 19.1 Å². The van der Waals surface area contributed by atoms with E-state index in [0.717, 1.165) is 5.56 Å². The van der Waals surface area contributed by atoms with E-state index >= 15 is 0 Å². The molecule has 0 radical (unpaired) electrons. The van der Waals surface area contributed by atoms with Crippen LogP contribution < -0.4 is 5.32 Å². The van der Waals surface area contributed by atoms with Crippen molar-refractivity contribution in [2.45, 2.75) is 13.0 Å². The minimum atomic E-state index is -0.698. The van der Waals surface area contributed by atoms with Crippen LogP contribution in [0.3, 0.4) is 0 Å². The van der Waals surface area contributed by atoms with Gasteiger partial charge in [0.2, 0.25) is 0 Å². The molecule has 90 valence electrons. The highest BCUT2D eigenvalue weighted by Gasteiger charge is 2.17. The van der Waals surface area contributed by atoms with Gasteiger partial charge < -0.3 is 9.84 Å². The number of aromatic nitrogens is 1. The summed E-state index contributed by atoms with van der Waals surface area (Å²) in [6.07, 6.45) is 0. The lowest BCUT2D eigenvalue weighted by Crippen LogP contribution is -2.27. The SMILES string of the molecule is Cc1cc(C(=O)NC(C#N)c2ccccc2)no1. The van der Waals surface area contributed by atoms with E-state index in [1.807, 2.05) is 24.3 Å². The van der Waals surface area contributed by atoms with Crippen LogP contribution in [-0.2, 0) is 0 Å². The third-order valence-corrected chi connectivity index (χ3v) is 2.40. The molecule has 1 unspecified atom stereocenters. The predicted molar refractivity (Wildman–Crippen MR) is 63.5 cm³/mol. The monoisotopic (exact) mass is 241 g/mol. The molecule has 1 amide bonds. The third-order valence-electron chi connectivity index (χ3n) is 2.40. The lowest BCUT2D eigenvalue weighted by Gasteiger charge is -2.10. The summed E-state index contributed by atoms with van der Waals surface area (Å²) >= 11 is 0. The zero-order valence-electron chi connectivity index (χ0n) is 9.75. The highest BCUT2D eigenvalue weighted by molar-refractivity contribution is 5.92. The number of hydrogen-bond donors (Lipinski definition) is 1. The first-order chi connectivity index (χ1) is 8.70. The summed E-state index contributed by atoms with van der Waals surface area (Å²) in [7, 11) is 0. The molecule has 1 aromatic carbocycles. The molecule has 2 aromatic rings. The van der Waals surface area contributed by atoms with Crippen molar-refractivity contribution in [3.8, 4) is 6.07 Å². The molecule has 1 heterocycles. The topological polar surface area (TPSA) is 78.9 Å². The van der Waals surface area contributed by atoms with Gasteiger partial charge in [-0.25, -0.2) is 0 Å². The van der Waals surface area contributed by atoms with E-state index in [4.69, 9.17) is 9.78 Å². The Morgan fingerprint density at radius 1 is 1.44 bits per heavy atom. The molecule has 0 saturated heterocycles. The van der Waals surface area contributed by atoms with Crippen LogP contribution in [0.2, 0.25) is 0 Å². The Morgan fingerprint density at radius 2 is 2.17 bits per heavy atom. The van der Waals surface area contributed by atoms with Crippen molar-refractivity contribution in [1.29, 1.82) is 5.26 Å². The van der Waals surface area contributed by atoms with Crippen molar-refractivity contribution in [1.82, 2.24) is 10.5 Å². The maximum absolute atomic E-state index is 11.8. The minimum absolute atomic E-state index is 0.170. The molecule has 5 heteroatoms. The Hall–Kier alpha value is -2.61. The molecule has 0 spiro atoms. The third kappa shape index (κ3) is 2.55. The predicted octanol–water partition coefficient (Wildman–Crippen LogP) is 1.98. The fourth-order valence-corrected chi connectivity index (χ4v) is 1.51. The van der Waals surface area contributed by atoms with Crippen molar-refractivity contribution in [3.05, 3.63) is 53.4 Å². The normalized spacial score (nSPS) is 11.6. The Balaban J connectivity index is 2.13.